The van der Waals surface area contributed by atoms with Crippen LogP contribution in [0.4, 0.5) is 0 Å². The van der Waals surface area contributed by atoms with Gasteiger partial charge < -0.3 is 15.6 Å². The molecule has 0 bridgehead atoms. The van der Waals surface area contributed by atoms with Gasteiger partial charge in [0.15, 0.2) is 0 Å². The van der Waals surface area contributed by atoms with Crippen molar-refractivity contribution < 1.29 is 14.6 Å². The molecule has 0 fully saturated rings. The van der Waals surface area contributed by atoms with Crippen molar-refractivity contribution in [2.75, 3.05) is 6.61 Å². The van der Waals surface area contributed by atoms with Crippen molar-refractivity contribution in [1.29, 1.82) is 0 Å². The molecule has 4 aromatic rings. The number of amides is 1. The van der Waals surface area contributed by atoms with Gasteiger partial charge in [-0.15, -0.1) is 11.3 Å². The van der Waals surface area contributed by atoms with E-state index in [9.17, 15) is 9.90 Å². The van der Waals surface area contributed by atoms with E-state index in [-0.39, 0.29) is 13.0 Å². The average molecular weight is 428 g/mol. The lowest BCUT2D eigenvalue weighted by molar-refractivity contribution is -0.117. The van der Waals surface area contributed by atoms with Gasteiger partial charge in [0.1, 0.15) is 24.1 Å². The molecule has 0 saturated carbocycles. The summed E-state index contributed by atoms with van der Waals surface area (Å²) in [7, 11) is 0. The lowest BCUT2D eigenvalue weighted by Gasteiger charge is -2.14. The third-order valence-corrected chi connectivity index (χ3v) is 5.92. The van der Waals surface area contributed by atoms with Crippen LogP contribution in [0.5, 0.6) is 5.75 Å². The number of rotatable bonds is 7. The average Bonchev–Trinajstić information content (AvgIpc) is 3.30. The molecule has 29 heavy (non-hydrogen) atoms. The number of nitrogens with zero attached hydrogens (tertiary/aromatic N) is 2. The van der Waals surface area contributed by atoms with E-state index in [2.05, 4.69) is 4.98 Å². The Labute approximate surface area is 176 Å². The van der Waals surface area contributed by atoms with Crippen LogP contribution in [-0.4, -0.2) is 27.0 Å². The zero-order valence-electron chi connectivity index (χ0n) is 15.3. The molecule has 1 atom stereocenters. The molecular weight excluding hydrogens is 410 g/mol. The number of carbonyl (C=O) groups excluding carboxylic acids is 1. The fourth-order valence-corrected chi connectivity index (χ4v) is 4.44. The summed E-state index contributed by atoms with van der Waals surface area (Å²) in [6, 6.07) is 14.7. The van der Waals surface area contributed by atoms with Gasteiger partial charge in [0, 0.05) is 22.8 Å². The molecule has 3 N–H and O–H groups in total. The minimum Gasteiger partial charge on any atom is -0.489 e. The topological polar surface area (TPSA) is 89.9 Å². The fraction of sp³-hybridized carbons (Fsp3) is 0.143. The number of carbonyl (C=O) groups is 1. The maximum absolute atomic E-state index is 11.5. The highest BCUT2D eigenvalue weighted by atomic mass is 35.5. The molecule has 0 spiro atoms. The van der Waals surface area contributed by atoms with Gasteiger partial charge in [-0.25, -0.2) is 4.98 Å². The van der Waals surface area contributed by atoms with Gasteiger partial charge in [-0.2, -0.15) is 0 Å². The molecule has 0 radical (unpaired) electrons. The van der Waals surface area contributed by atoms with Crippen molar-refractivity contribution in [1.82, 2.24) is 9.38 Å². The number of hydrogen-bond acceptors (Lipinski definition) is 5. The smallest absolute Gasteiger partial charge is 0.222 e. The summed E-state index contributed by atoms with van der Waals surface area (Å²) in [6.07, 6.45) is 2.85. The first-order valence-electron chi connectivity index (χ1n) is 8.91. The first-order valence-corrected chi connectivity index (χ1v) is 10.1. The number of halogens is 1. The lowest BCUT2D eigenvalue weighted by atomic mass is 10.1. The first-order chi connectivity index (χ1) is 14.0. The number of pyridine rings is 1. The van der Waals surface area contributed by atoms with Crippen LogP contribution in [0.1, 0.15) is 16.5 Å². The highest BCUT2D eigenvalue weighted by Gasteiger charge is 2.18. The van der Waals surface area contributed by atoms with E-state index in [0.717, 1.165) is 16.2 Å². The zero-order valence-corrected chi connectivity index (χ0v) is 16.9. The highest BCUT2D eigenvalue weighted by Crippen LogP contribution is 2.37. The molecule has 0 unspecified atom stereocenters. The number of imidazole rings is 1. The van der Waals surface area contributed by atoms with E-state index in [0.29, 0.717) is 21.2 Å². The number of benzene rings is 1. The number of aliphatic hydroxyl groups is 1. The Balaban J connectivity index is 1.62. The van der Waals surface area contributed by atoms with Gasteiger partial charge in [0.05, 0.1) is 28.1 Å². The fourth-order valence-electron chi connectivity index (χ4n) is 3.06. The maximum Gasteiger partial charge on any atom is 0.222 e. The molecule has 1 amide bonds. The largest absolute Gasteiger partial charge is 0.489 e. The molecule has 1 aromatic carbocycles. The summed E-state index contributed by atoms with van der Waals surface area (Å²) in [5, 5.41) is 10.9. The number of primary amides is 1. The van der Waals surface area contributed by atoms with Crippen molar-refractivity contribution in [3.05, 3.63) is 76.4 Å². The zero-order chi connectivity index (χ0) is 20.4. The SMILES string of the molecule is NC(=O)Cc1sc(-c2cnc3ccccn23)cc1OC[C@H](O)c1ccccc1Cl. The van der Waals surface area contributed by atoms with Gasteiger partial charge in [0.25, 0.3) is 0 Å². The quantitative estimate of drug-likeness (QED) is 0.468. The van der Waals surface area contributed by atoms with Crippen LogP contribution in [0, 0.1) is 0 Å². The first kappa shape index (κ1) is 19.4. The van der Waals surface area contributed by atoms with Crippen molar-refractivity contribution in [2.24, 2.45) is 5.73 Å². The second kappa shape index (κ2) is 8.24. The summed E-state index contributed by atoms with van der Waals surface area (Å²) in [5.74, 6) is 0.0637. The van der Waals surface area contributed by atoms with Crippen molar-refractivity contribution >= 4 is 34.5 Å². The minimum atomic E-state index is -0.899. The van der Waals surface area contributed by atoms with E-state index in [4.69, 9.17) is 22.1 Å². The Morgan fingerprint density at radius 2 is 2.07 bits per heavy atom. The molecule has 3 aromatic heterocycles. The predicted molar refractivity (Wildman–Crippen MR) is 113 cm³/mol. The number of thiophene rings is 1. The molecular formula is C21H18ClN3O3S. The molecule has 8 heteroatoms. The second-order valence-electron chi connectivity index (χ2n) is 6.46. The van der Waals surface area contributed by atoms with Gasteiger partial charge >= 0.3 is 0 Å². The van der Waals surface area contributed by atoms with Crippen LogP contribution in [-0.2, 0) is 11.2 Å². The van der Waals surface area contributed by atoms with Crippen LogP contribution >= 0.6 is 22.9 Å². The lowest BCUT2D eigenvalue weighted by Crippen LogP contribution is -2.14. The number of fused-ring (bicyclic) bond motifs is 1. The highest BCUT2D eigenvalue weighted by molar-refractivity contribution is 7.15. The van der Waals surface area contributed by atoms with E-state index < -0.39 is 12.0 Å². The van der Waals surface area contributed by atoms with Crippen LogP contribution < -0.4 is 10.5 Å². The molecule has 6 nitrogen and oxygen atoms in total. The molecule has 4 rings (SSSR count). The number of aromatic nitrogens is 2. The Kier molecular flexibility index (Phi) is 5.53. The summed E-state index contributed by atoms with van der Waals surface area (Å²) in [4.78, 5) is 17.5. The predicted octanol–water partition coefficient (Wildman–Crippen LogP) is 3.86. The van der Waals surface area contributed by atoms with Gasteiger partial charge in [-0.3, -0.25) is 9.20 Å². The Hall–Kier alpha value is -2.87. The standard InChI is InChI=1S/C21H18ClN3O3S/c22-14-6-2-1-5-13(14)16(26)12-28-17-9-18(29-19(17)10-20(23)27)15-11-24-21-7-3-4-8-25(15)21/h1-9,11,16,26H,10,12H2,(H2,23,27)/t16-/m0/s1. The number of nitrogens with two attached hydrogens (primary N) is 1. The van der Waals surface area contributed by atoms with Crippen molar-refractivity contribution in [2.45, 2.75) is 12.5 Å². The third-order valence-electron chi connectivity index (χ3n) is 4.44. The van der Waals surface area contributed by atoms with E-state index in [1.165, 1.54) is 11.3 Å². The molecule has 0 aliphatic carbocycles. The maximum atomic E-state index is 11.5. The van der Waals surface area contributed by atoms with E-state index in [1.807, 2.05) is 34.9 Å². The summed E-state index contributed by atoms with van der Waals surface area (Å²) in [6.45, 7) is -0.00117. The van der Waals surface area contributed by atoms with Crippen LogP contribution in [0.15, 0.2) is 60.9 Å². The number of ether oxygens (including phenoxy) is 1. The molecule has 0 aliphatic rings. The van der Waals surface area contributed by atoms with Crippen LogP contribution in [0.3, 0.4) is 0 Å². The van der Waals surface area contributed by atoms with Crippen molar-refractivity contribution in [3.63, 3.8) is 0 Å². The summed E-state index contributed by atoms with van der Waals surface area (Å²) >= 11 is 7.56. The number of aliphatic hydroxyl groups excluding tert-OH is 1. The van der Waals surface area contributed by atoms with Crippen LogP contribution in [0.2, 0.25) is 5.02 Å². The molecule has 3 heterocycles. The van der Waals surface area contributed by atoms with Crippen LogP contribution in [0.25, 0.3) is 16.2 Å². The summed E-state index contributed by atoms with van der Waals surface area (Å²) < 4.78 is 7.82. The van der Waals surface area contributed by atoms with Gasteiger partial charge in [0.2, 0.25) is 5.91 Å². The van der Waals surface area contributed by atoms with Crippen molar-refractivity contribution in [3.8, 4) is 16.3 Å². The monoisotopic (exact) mass is 427 g/mol. The van der Waals surface area contributed by atoms with Gasteiger partial charge in [-0.05, 0) is 18.2 Å². The Morgan fingerprint density at radius 1 is 1.28 bits per heavy atom. The minimum absolute atomic E-state index is 0.00117. The summed E-state index contributed by atoms with van der Waals surface area (Å²) in [5.41, 5.74) is 7.70. The molecule has 0 saturated heterocycles. The molecule has 148 valence electrons. The van der Waals surface area contributed by atoms with E-state index in [1.54, 1.807) is 30.5 Å². The third kappa shape index (κ3) is 4.12. The number of hydrogen-bond donors (Lipinski definition) is 2. The Bertz CT molecular complexity index is 1170. The van der Waals surface area contributed by atoms with E-state index >= 15 is 0 Å². The second-order valence-corrected chi connectivity index (χ2v) is 8.01. The molecule has 0 aliphatic heterocycles. The Morgan fingerprint density at radius 3 is 2.86 bits per heavy atom. The van der Waals surface area contributed by atoms with Gasteiger partial charge in [-0.1, -0.05) is 35.9 Å². The normalized spacial score (nSPS) is 12.2.